The number of carbonyl (C=O) groups excluding carboxylic acids is 1. The van der Waals surface area contributed by atoms with Crippen LogP contribution in [0.15, 0.2) is 22.7 Å². The lowest BCUT2D eigenvalue weighted by atomic mass is 10.1. The monoisotopic (exact) mass is 352 g/mol. The molecule has 20 heavy (non-hydrogen) atoms. The van der Waals surface area contributed by atoms with Gasteiger partial charge in [0, 0.05) is 23.8 Å². The zero-order chi connectivity index (χ0) is 15.5. The number of carbonyl (C=O) groups is 1. The Labute approximate surface area is 124 Å². The Morgan fingerprint density at radius 2 is 2.05 bits per heavy atom. The van der Waals surface area contributed by atoms with Gasteiger partial charge in [0.2, 0.25) is 5.91 Å². The van der Waals surface area contributed by atoms with Gasteiger partial charge < -0.3 is 10.2 Å². The molecule has 112 valence electrons. The minimum atomic E-state index is -4.48. The highest BCUT2D eigenvalue weighted by atomic mass is 79.9. The number of amides is 1. The second kappa shape index (κ2) is 6.47. The van der Waals surface area contributed by atoms with Crippen molar-refractivity contribution in [3.63, 3.8) is 0 Å². The molecule has 0 aromatic heterocycles. The largest absolute Gasteiger partial charge is 0.418 e. The summed E-state index contributed by atoms with van der Waals surface area (Å²) in [5.41, 5.74) is -0.906. The third-order valence-electron chi connectivity index (χ3n) is 2.88. The van der Waals surface area contributed by atoms with Gasteiger partial charge in [-0.1, -0.05) is 15.9 Å². The Balaban J connectivity index is 3.01. The first-order valence-electron chi connectivity index (χ1n) is 6.05. The van der Waals surface area contributed by atoms with Gasteiger partial charge in [-0.15, -0.1) is 0 Å². The molecule has 1 atom stereocenters. The zero-order valence-electron chi connectivity index (χ0n) is 11.4. The molecule has 0 radical (unpaired) electrons. The molecule has 0 spiro atoms. The topological polar surface area (TPSA) is 32.3 Å². The highest BCUT2D eigenvalue weighted by Crippen LogP contribution is 2.36. The van der Waals surface area contributed by atoms with E-state index in [9.17, 15) is 18.0 Å². The van der Waals surface area contributed by atoms with Crippen molar-refractivity contribution in [2.24, 2.45) is 0 Å². The van der Waals surface area contributed by atoms with Gasteiger partial charge in [-0.05, 0) is 32.0 Å². The minimum absolute atomic E-state index is 0.106. The molecule has 0 aliphatic rings. The summed E-state index contributed by atoms with van der Waals surface area (Å²) in [7, 11) is 1.60. The van der Waals surface area contributed by atoms with Crippen LogP contribution >= 0.6 is 15.9 Å². The Morgan fingerprint density at radius 1 is 1.45 bits per heavy atom. The molecule has 3 nitrogen and oxygen atoms in total. The average molecular weight is 353 g/mol. The second-order valence-corrected chi connectivity index (χ2v) is 5.32. The first-order valence-corrected chi connectivity index (χ1v) is 6.84. The molecule has 1 aromatic rings. The van der Waals surface area contributed by atoms with Crippen LogP contribution in [-0.4, -0.2) is 30.4 Å². The number of alkyl halides is 3. The van der Waals surface area contributed by atoms with Crippen LogP contribution in [0.25, 0.3) is 0 Å². The molecule has 0 fully saturated rings. The minimum Gasteiger partial charge on any atom is -0.373 e. The van der Waals surface area contributed by atoms with E-state index >= 15 is 0 Å². The fraction of sp³-hybridized carbons (Fsp3) is 0.462. The Morgan fingerprint density at radius 3 is 2.55 bits per heavy atom. The summed E-state index contributed by atoms with van der Waals surface area (Å²) in [4.78, 5) is 13.3. The van der Waals surface area contributed by atoms with Crippen molar-refractivity contribution in [1.82, 2.24) is 4.90 Å². The van der Waals surface area contributed by atoms with Gasteiger partial charge in [0.1, 0.15) is 6.04 Å². The number of rotatable bonds is 4. The van der Waals surface area contributed by atoms with Crippen LogP contribution < -0.4 is 5.32 Å². The van der Waals surface area contributed by atoms with Crippen molar-refractivity contribution in [1.29, 1.82) is 0 Å². The quantitative estimate of drug-likeness (QED) is 0.894. The van der Waals surface area contributed by atoms with Crippen LogP contribution in [0, 0.1) is 0 Å². The third kappa shape index (κ3) is 4.13. The molecule has 7 heteroatoms. The van der Waals surface area contributed by atoms with Gasteiger partial charge in [0.25, 0.3) is 0 Å². The fourth-order valence-corrected chi connectivity index (χ4v) is 2.02. The predicted molar refractivity (Wildman–Crippen MR) is 75.5 cm³/mol. The second-order valence-electron chi connectivity index (χ2n) is 4.41. The van der Waals surface area contributed by atoms with Crippen LogP contribution in [0.4, 0.5) is 18.9 Å². The molecular formula is C13H16BrF3N2O. The highest BCUT2D eigenvalue weighted by Gasteiger charge is 2.34. The first kappa shape index (κ1) is 16.8. The maximum absolute atomic E-state index is 12.9. The summed E-state index contributed by atoms with van der Waals surface area (Å²) in [6.45, 7) is 3.83. The number of anilines is 1. The maximum Gasteiger partial charge on any atom is 0.418 e. The molecule has 1 amide bonds. The van der Waals surface area contributed by atoms with E-state index in [1.54, 1.807) is 14.0 Å². The lowest BCUT2D eigenvalue weighted by molar-refractivity contribution is -0.137. The Kier molecular flexibility index (Phi) is 5.44. The van der Waals surface area contributed by atoms with Crippen molar-refractivity contribution < 1.29 is 18.0 Å². The van der Waals surface area contributed by atoms with Gasteiger partial charge in [0.05, 0.1) is 5.56 Å². The first-order chi connectivity index (χ1) is 9.16. The maximum atomic E-state index is 12.9. The van der Waals surface area contributed by atoms with E-state index in [1.807, 2.05) is 0 Å². The van der Waals surface area contributed by atoms with Crippen LogP contribution in [0.5, 0.6) is 0 Å². The number of likely N-dealkylation sites (N-methyl/N-ethyl adjacent to an activating group) is 1. The number of nitrogens with one attached hydrogen (secondary N) is 1. The number of hydrogen-bond donors (Lipinski definition) is 1. The highest BCUT2D eigenvalue weighted by molar-refractivity contribution is 9.10. The van der Waals surface area contributed by atoms with Gasteiger partial charge in [0.15, 0.2) is 0 Å². The van der Waals surface area contributed by atoms with E-state index in [1.165, 1.54) is 24.0 Å². The van der Waals surface area contributed by atoms with Crippen LogP contribution in [0.3, 0.4) is 0 Å². The number of nitrogens with zero attached hydrogens (tertiary/aromatic N) is 1. The van der Waals surface area contributed by atoms with E-state index in [0.29, 0.717) is 11.0 Å². The summed E-state index contributed by atoms with van der Waals surface area (Å²) in [6, 6.07) is 3.06. The zero-order valence-corrected chi connectivity index (χ0v) is 13.0. The molecule has 1 N–H and O–H groups in total. The summed E-state index contributed by atoms with van der Waals surface area (Å²) in [5.74, 6) is -0.261. The molecule has 1 aromatic carbocycles. The number of benzene rings is 1. The van der Waals surface area contributed by atoms with E-state index in [2.05, 4.69) is 21.2 Å². The van der Waals surface area contributed by atoms with Crippen molar-refractivity contribution in [2.75, 3.05) is 18.9 Å². The third-order valence-corrected chi connectivity index (χ3v) is 3.37. The summed E-state index contributed by atoms with van der Waals surface area (Å²) < 4.78 is 39.2. The van der Waals surface area contributed by atoms with Crippen LogP contribution in [0.2, 0.25) is 0 Å². The van der Waals surface area contributed by atoms with Gasteiger partial charge in [-0.3, -0.25) is 4.79 Å². The smallest absolute Gasteiger partial charge is 0.373 e. The van der Waals surface area contributed by atoms with Crippen molar-refractivity contribution in [3.8, 4) is 0 Å². The van der Waals surface area contributed by atoms with Crippen molar-refractivity contribution in [3.05, 3.63) is 28.2 Å². The molecule has 0 aliphatic heterocycles. The molecule has 1 rings (SSSR count). The summed E-state index contributed by atoms with van der Waals surface area (Å²) in [5, 5.41) is 2.63. The lowest BCUT2D eigenvalue weighted by Crippen LogP contribution is -2.39. The van der Waals surface area contributed by atoms with Crippen molar-refractivity contribution in [2.45, 2.75) is 26.1 Å². The van der Waals surface area contributed by atoms with E-state index < -0.39 is 17.8 Å². The molecule has 0 heterocycles. The van der Waals surface area contributed by atoms with Crippen molar-refractivity contribution >= 4 is 27.5 Å². The number of hydrogen-bond acceptors (Lipinski definition) is 2. The summed E-state index contributed by atoms with van der Waals surface area (Å²) in [6.07, 6.45) is -4.48. The normalized spacial score (nSPS) is 12.9. The van der Waals surface area contributed by atoms with Gasteiger partial charge >= 0.3 is 6.18 Å². The fourth-order valence-electron chi connectivity index (χ4n) is 1.66. The van der Waals surface area contributed by atoms with E-state index in [-0.39, 0.29) is 11.6 Å². The number of halogens is 4. The SMILES string of the molecule is CCN(C)C(=O)C(C)Nc1ccc(Br)cc1C(F)(F)F. The predicted octanol–water partition coefficient (Wildman–Crippen LogP) is 3.75. The van der Waals surface area contributed by atoms with E-state index in [4.69, 9.17) is 0 Å². The molecular weight excluding hydrogens is 337 g/mol. The van der Waals surface area contributed by atoms with Crippen LogP contribution in [-0.2, 0) is 11.0 Å². The molecule has 1 unspecified atom stereocenters. The molecule has 0 saturated carbocycles. The lowest BCUT2D eigenvalue weighted by Gasteiger charge is -2.23. The Hall–Kier alpha value is -1.24. The van der Waals surface area contributed by atoms with Crippen LogP contribution in [0.1, 0.15) is 19.4 Å². The molecule has 0 bridgehead atoms. The molecule has 0 saturated heterocycles. The Bertz CT molecular complexity index is 491. The summed E-state index contributed by atoms with van der Waals surface area (Å²) >= 11 is 3.02. The molecule has 0 aliphatic carbocycles. The van der Waals surface area contributed by atoms with E-state index in [0.717, 1.165) is 6.07 Å². The van der Waals surface area contributed by atoms with Gasteiger partial charge in [-0.25, -0.2) is 0 Å². The average Bonchev–Trinajstić information content (AvgIpc) is 2.37. The van der Waals surface area contributed by atoms with Gasteiger partial charge in [-0.2, -0.15) is 13.2 Å². The standard InChI is InChI=1S/C13H16BrF3N2O/c1-4-19(3)12(20)8(2)18-11-6-5-9(14)7-10(11)13(15,16)17/h5-8,18H,4H2,1-3H3.